The molecule has 0 N–H and O–H groups in total. The van der Waals surface area contributed by atoms with E-state index in [0.717, 1.165) is 16.9 Å². The van der Waals surface area contributed by atoms with E-state index < -0.39 is 0 Å². The summed E-state index contributed by atoms with van der Waals surface area (Å²) in [6.07, 6.45) is 7.77. The van der Waals surface area contributed by atoms with E-state index in [1.165, 1.54) is 25.7 Å². The number of rotatable bonds is 3. The van der Waals surface area contributed by atoms with E-state index >= 15 is 0 Å². The molecule has 1 fully saturated rings. The predicted octanol–water partition coefficient (Wildman–Crippen LogP) is 3.48. The highest BCUT2D eigenvalue weighted by Crippen LogP contribution is 2.31. The Bertz CT molecular complexity index is 120. The van der Waals surface area contributed by atoms with E-state index in [9.17, 15) is 0 Å². The lowest BCUT2D eigenvalue weighted by atomic mass is 9.91. The lowest BCUT2D eigenvalue weighted by molar-refractivity contribution is 0.394. The van der Waals surface area contributed by atoms with Crippen molar-refractivity contribution in [2.75, 3.05) is 5.75 Å². The Morgan fingerprint density at radius 3 is 3.00 bits per heavy atom. The quantitative estimate of drug-likeness (QED) is 0.584. The van der Waals surface area contributed by atoms with Crippen LogP contribution < -0.4 is 0 Å². The standard InChI is InChI=1S/C10H18S/c1-3-7-11-10-6-4-5-9(2)8-10/h3,9-10H,1,4-8H2,2H3. The van der Waals surface area contributed by atoms with Gasteiger partial charge in [0.05, 0.1) is 0 Å². The summed E-state index contributed by atoms with van der Waals surface area (Å²) in [5, 5.41) is 0.928. The average Bonchev–Trinajstić information content (AvgIpc) is 2.01. The lowest BCUT2D eigenvalue weighted by Crippen LogP contribution is -2.15. The van der Waals surface area contributed by atoms with Gasteiger partial charge in [0.2, 0.25) is 0 Å². The van der Waals surface area contributed by atoms with Crippen molar-refractivity contribution in [3.05, 3.63) is 12.7 Å². The van der Waals surface area contributed by atoms with Gasteiger partial charge in [0.25, 0.3) is 0 Å². The van der Waals surface area contributed by atoms with Crippen LogP contribution in [0.2, 0.25) is 0 Å². The molecule has 0 radical (unpaired) electrons. The molecule has 1 rings (SSSR count). The van der Waals surface area contributed by atoms with Crippen molar-refractivity contribution in [1.82, 2.24) is 0 Å². The summed E-state index contributed by atoms with van der Waals surface area (Å²) < 4.78 is 0. The van der Waals surface area contributed by atoms with Crippen molar-refractivity contribution < 1.29 is 0 Å². The molecule has 64 valence electrons. The van der Waals surface area contributed by atoms with E-state index in [0.29, 0.717) is 0 Å². The Hall–Kier alpha value is 0.0900. The van der Waals surface area contributed by atoms with Gasteiger partial charge in [-0.05, 0) is 18.8 Å². The summed E-state index contributed by atoms with van der Waals surface area (Å²) in [5.74, 6) is 2.10. The normalized spacial score (nSPS) is 31.7. The number of hydrogen-bond acceptors (Lipinski definition) is 1. The van der Waals surface area contributed by atoms with Crippen LogP contribution in [0.1, 0.15) is 32.6 Å². The summed E-state index contributed by atoms with van der Waals surface area (Å²) in [6.45, 7) is 6.12. The minimum absolute atomic E-state index is 0.928. The second-order valence-corrected chi connectivity index (χ2v) is 4.85. The SMILES string of the molecule is C=CCSC1CCCC(C)C1. The first-order chi connectivity index (χ1) is 5.33. The first-order valence-corrected chi connectivity index (χ1v) is 5.60. The van der Waals surface area contributed by atoms with Crippen LogP contribution in [0.5, 0.6) is 0 Å². The summed E-state index contributed by atoms with van der Waals surface area (Å²) in [5.41, 5.74) is 0. The smallest absolute Gasteiger partial charge is 0.0113 e. The average molecular weight is 170 g/mol. The third kappa shape index (κ3) is 3.33. The molecule has 0 bridgehead atoms. The van der Waals surface area contributed by atoms with Crippen LogP contribution in [0, 0.1) is 5.92 Å². The van der Waals surface area contributed by atoms with Gasteiger partial charge in [-0.15, -0.1) is 6.58 Å². The van der Waals surface area contributed by atoms with Crippen molar-refractivity contribution in [3.63, 3.8) is 0 Å². The summed E-state index contributed by atoms with van der Waals surface area (Å²) in [4.78, 5) is 0. The predicted molar refractivity (Wildman–Crippen MR) is 54.1 cm³/mol. The fourth-order valence-corrected chi connectivity index (χ4v) is 2.94. The van der Waals surface area contributed by atoms with Gasteiger partial charge in [-0.25, -0.2) is 0 Å². The van der Waals surface area contributed by atoms with Gasteiger partial charge in [-0.1, -0.05) is 25.8 Å². The second-order valence-electron chi connectivity index (χ2n) is 3.52. The van der Waals surface area contributed by atoms with Crippen molar-refractivity contribution in [1.29, 1.82) is 0 Å². The van der Waals surface area contributed by atoms with Gasteiger partial charge in [0, 0.05) is 11.0 Å². The lowest BCUT2D eigenvalue weighted by Gasteiger charge is -2.25. The largest absolute Gasteiger partial charge is 0.154 e. The van der Waals surface area contributed by atoms with Crippen LogP contribution in [-0.4, -0.2) is 11.0 Å². The molecule has 0 aromatic heterocycles. The highest BCUT2D eigenvalue weighted by atomic mass is 32.2. The van der Waals surface area contributed by atoms with Crippen LogP contribution in [0.3, 0.4) is 0 Å². The van der Waals surface area contributed by atoms with Gasteiger partial charge >= 0.3 is 0 Å². The van der Waals surface area contributed by atoms with Crippen molar-refractivity contribution in [2.45, 2.75) is 37.9 Å². The molecule has 1 aliphatic rings. The molecule has 0 nitrogen and oxygen atoms in total. The maximum Gasteiger partial charge on any atom is 0.0113 e. The molecular formula is C10H18S. The minimum atomic E-state index is 0.928. The van der Waals surface area contributed by atoms with Crippen LogP contribution in [0.25, 0.3) is 0 Å². The van der Waals surface area contributed by atoms with E-state index in [1.807, 2.05) is 6.08 Å². The molecule has 1 heteroatoms. The molecule has 2 unspecified atom stereocenters. The van der Waals surface area contributed by atoms with Crippen LogP contribution >= 0.6 is 11.8 Å². The second kappa shape index (κ2) is 4.87. The Labute approximate surface area is 74.5 Å². The number of thioether (sulfide) groups is 1. The first-order valence-electron chi connectivity index (χ1n) is 4.55. The summed E-state index contributed by atoms with van der Waals surface area (Å²) in [6, 6.07) is 0. The fraction of sp³-hybridized carbons (Fsp3) is 0.800. The Balaban J connectivity index is 2.17. The molecule has 1 aliphatic carbocycles. The van der Waals surface area contributed by atoms with Gasteiger partial charge in [0.1, 0.15) is 0 Å². The third-order valence-corrected chi connectivity index (χ3v) is 3.67. The Morgan fingerprint density at radius 1 is 1.55 bits per heavy atom. The Morgan fingerprint density at radius 2 is 2.36 bits per heavy atom. The molecule has 0 amide bonds. The van der Waals surface area contributed by atoms with Crippen LogP contribution in [-0.2, 0) is 0 Å². The van der Waals surface area contributed by atoms with Gasteiger partial charge in [0.15, 0.2) is 0 Å². The van der Waals surface area contributed by atoms with E-state index in [2.05, 4.69) is 25.3 Å². The zero-order valence-electron chi connectivity index (χ0n) is 7.38. The van der Waals surface area contributed by atoms with Gasteiger partial charge in [-0.3, -0.25) is 0 Å². The highest BCUT2D eigenvalue weighted by molar-refractivity contribution is 8.00. The maximum absolute atomic E-state index is 3.74. The van der Waals surface area contributed by atoms with E-state index in [4.69, 9.17) is 0 Å². The fourth-order valence-electron chi connectivity index (χ4n) is 1.73. The van der Waals surface area contributed by atoms with Gasteiger partial charge < -0.3 is 0 Å². The topological polar surface area (TPSA) is 0 Å². The van der Waals surface area contributed by atoms with Crippen molar-refractivity contribution in [3.8, 4) is 0 Å². The molecule has 0 aromatic rings. The maximum atomic E-state index is 3.74. The van der Waals surface area contributed by atoms with Crippen LogP contribution in [0.15, 0.2) is 12.7 Å². The van der Waals surface area contributed by atoms with Crippen LogP contribution in [0.4, 0.5) is 0 Å². The first kappa shape index (κ1) is 9.18. The third-order valence-electron chi connectivity index (χ3n) is 2.34. The summed E-state index contributed by atoms with van der Waals surface area (Å²) in [7, 11) is 0. The highest BCUT2D eigenvalue weighted by Gasteiger charge is 2.17. The van der Waals surface area contributed by atoms with E-state index in [1.54, 1.807) is 0 Å². The molecule has 0 saturated heterocycles. The molecule has 0 heterocycles. The number of hydrogen-bond donors (Lipinski definition) is 0. The van der Waals surface area contributed by atoms with Crippen molar-refractivity contribution >= 4 is 11.8 Å². The monoisotopic (exact) mass is 170 g/mol. The molecule has 0 spiro atoms. The molecule has 2 atom stereocenters. The molecule has 11 heavy (non-hydrogen) atoms. The van der Waals surface area contributed by atoms with Crippen molar-refractivity contribution in [2.24, 2.45) is 5.92 Å². The zero-order chi connectivity index (χ0) is 8.10. The Kier molecular flexibility index (Phi) is 4.06. The minimum Gasteiger partial charge on any atom is -0.154 e. The molecule has 1 saturated carbocycles. The molecule has 0 aliphatic heterocycles. The molecular weight excluding hydrogens is 152 g/mol. The molecule has 0 aromatic carbocycles. The van der Waals surface area contributed by atoms with E-state index in [-0.39, 0.29) is 0 Å². The summed E-state index contributed by atoms with van der Waals surface area (Å²) >= 11 is 2.08. The zero-order valence-corrected chi connectivity index (χ0v) is 8.20. The van der Waals surface area contributed by atoms with Gasteiger partial charge in [-0.2, -0.15) is 11.8 Å².